The highest BCUT2D eigenvalue weighted by molar-refractivity contribution is 6.06. The Balaban J connectivity index is 2.26. The number of nitrogens with two attached hydrogens (primary N) is 1. The lowest BCUT2D eigenvalue weighted by atomic mass is 10.2. The zero-order valence-electron chi connectivity index (χ0n) is 10.1. The zero-order chi connectivity index (χ0) is 14.0. The van der Waals surface area contributed by atoms with Gasteiger partial charge in [0.05, 0.1) is 17.1 Å². The average molecular weight is 266 g/mol. The molecule has 4 N–H and O–H groups in total. The molecule has 0 radical (unpaired) electrons. The Hall–Kier alpha value is -2.44. The van der Waals surface area contributed by atoms with Crippen LogP contribution in [-0.2, 0) is 6.42 Å². The molecule has 0 unspecified atom stereocenters. The molecule has 1 amide bonds. The van der Waals surface area contributed by atoms with E-state index in [-0.39, 0.29) is 17.1 Å². The molecule has 1 aromatic heterocycles. The lowest BCUT2D eigenvalue weighted by molar-refractivity contribution is 0.102. The van der Waals surface area contributed by atoms with Gasteiger partial charge in [-0.05, 0) is 18.6 Å². The van der Waals surface area contributed by atoms with Crippen LogP contribution in [0.3, 0.4) is 0 Å². The summed E-state index contributed by atoms with van der Waals surface area (Å²) >= 11 is 0. The molecule has 0 atom stereocenters. The van der Waals surface area contributed by atoms with Crippen LogP contribution in [0.15, 0.2) is 18.2 Å². The van der Waals surface area contributed by atoms with Crippen molar-refractivity contribution >= 4 is 17.3 Å². The monoisotopic (exact) mass is 266 g/mol. The molecule has 1 heterocycles. The van der Waals surface area contributed by atoms with Crippen LogP contribution >= 0.6 is 0 Å². The van der Waals surface area contributed by atoms with Crippen molar-refractivity contribution in [1.82, 2.24) is 10.2 Å². The fourth-order valence-electron chi connectivity index (χ4n) is 1.61. The summed E-state index contributed by atoms with van der Waals surface area (Å²) in [5.74, 6) is -2.86. The summed E-state index contributed by atoms with van der Waals surface area (Å²) in [6.07, 6.45) is 0.584. The number of carbonyl (C=O) groups is 1. The number of halogens is 2. The molecular weight excluding hydrogens is 254 g/mol. The number of nitrogen functional groups attached to an aromatic ring is 1. The topological polar surface area (TPSA) is 83.8 Å². The van der Waals surface area contributed by atoms with Gasteiger partial charge >= 0.3 is 0 Å². The highest BCUT2D eigenvalue weighted by Crippen LogP contribution is 2.19. The zero-order valence-corrected chi connectivity index (χ0v) is 10.1. The minimum atomic E-state index is -1.12. The van der Waals surface area contributed by atoms with Gasteiger partial charge in [-0.1, -0.05) is 13.0 Å². The number of benzene rings is 1. The molecule has 0 aliphatic heterocycles. The maximum absolute atomic E-state index is 13.4. The number of nitrogens with zero attached hydrogens (tertiary/aromatic N) is 1. The van der Waals surface area contributed by atoms with Crippen molar-refractivity contribution in [3.63, 3.8) is 0 Å². The molecule has 1 aromatic carbocycles. The average Bonchev–Trinajstić information content (AvgIpc) is 2.76. The van der Waals surface area contributed by atoms with Crippen molar-refractivity contribution in [2.75, 3.05) is 11.1 Å². The number of aromatic nitrogens is 2. The summed E-state index contributed by atoms with van der Waals surface area (Å²) in [7, 11) is 0. The highest BCUT2D eigenvalue weighted by Gasteiger charge is 2.18. The number of aromatic amines is 1. The summed E-state index contributed by atoms with van der Waals surface area (Å²) in [6, 6.07) is 3.50. The molecule has 7 heteroatoms. The number of nitrogens with one attached hydrogen (secondary N) is 2. The number of hydrogen-bond donors (Lipinski definition) is 3. The molecular formula is C12H12F2N4O. The summed E-state index contributed by atoms with van der Waals surface area (Å²) in [6.45, 7) is 1.85. The van der Waals surface area contributed by atoms with Gasteiger partial charge in [-0.15, -0.1) is 0 Å². The lowest BCUT2D eigenvalue weighted by Gasteiger charge is -2.05. The van der Waals surface area contributed by atoms with Crippen molar-refractivity contribution < 1.29 is 13.6 Å². The predicted octanol–water partition coefficient (Wildman–Crippen LogP) is 2.08. The normalized spacial score (nSPS) is 10.5. The maximum Gasteiger partial charge on any atom is 0.278 e. The van der Waals surface area contributed by atoms with E-state index in [1.165, 1.54) is 12.1 Å². The van der Waals surface area contributed by atoms with Crippen LogP contribution in [-0.4, -0.2) is 16.1 Å². The van der Waals surface area contributed by atoms with Crippen LogP contribution in [0.2, 0.25) is 0 Å². The number of H-pyrrole nitrogens is 1. The van der Waals surface area contributed by atoms with E-state index in [2.05, 4.69) is 15.5 Å². The Morgan fingerprint density at radius 1 is 1.47 bits per heavy atom. The second-order valence-corrected chi connectivity index (χ2v) is 3.87. The van der Waals surface area contributed by atoms with Crippen molar-refractivity contribution in [3.05, 3.63) is 41.2 Å². The largest absolute Gasteiger partial charge is 0.395 e. The van der Waals surface area contributed by atoms with Crippen LogP contribution in [0.1, 0.15) is 23.1 Å². The molecule has 0 aliphatic carbocycles. The smallest absolute Gasteiger partial charge is 0.278 e. The Morgan fingerprint density at radius 2 is 2.21 bits per heavy atom. The van der Waals surface area contributed by atoms with Crippen LogP contribution in [0, 0.1) is 11.6 Å². The Labute approximate surface area is 107 Å². The van der Waals surface area contributed by atoms with E-state index in [1.807, 2.05) is 6.92 Å². The molecule has 0 aliphatic rings. The van der Waals surface area contributed by atoms with Gasteiger partial charge < -0.3 is 11.1 Å². The van der Waals surface area contributed by atoms with Gasteiger partial charge in [0.15, 0.2) is 17.3 Å². The number of amides is 1. The molecule has 100 valence electrons. The third kappa shape index (κ3) is 2.40. The first-order valence-corrected chi connectivity index (χ1v) is 5.62. The molecule has 5 nitrogen and oxygen atoms in total. The molecule has 0 bridgehead atoms. The Morgan fingerprint density at radius 3 is 2.84 bits per heavy atom. The Kier molecular flexibility index (Phi) is 3.46. The van der Waals surface area contributed by atoms with Crippen LogP contribution in [0.25, 0.3) is 0 Å². The third-order valence-electron chi connectivity index (χ3n) is 2.65. The van der Waals surface area contributed by atoms with E-state index in [0.29, 0.717) is 12.1 Å². The van der Waals surface area contributed by atoms with Gasteiger partial charge in [-0.3, -0.25) is 9.89 Å². The van der Waals surface area contributed by atoms with Gasteiger partial charge in [0.25, 0.3) is 5.91 Å². The fraction of sp³-hybridized carbons (Fsp3) is 0.167. The van der Waals surface area contributed by atoms with E-state index in [9.17, 15) is 13.6 Å². The molecule has 19 heavy (non-hydrogen) atoms. The van der Waals surface area contributed by atoms with Crippen LogP contribution in [0.5, 0.6) is 0 Å². The van der Waals surface area contributed by atoms with E-state index < -0.39 is 17.5 Å². The molecule has 2 aromatic rings. The van der Waals surface area contributed by atoms with Crippen LogP contribution in [0.4, 0.5) is 20.2 Å². The van der Waals surface area contributed by atoms with Crippen LogP contribution < -0.4 is 11.1 Å². The van der Waals surface area contributed by atoms with Crippen molar-refractivity contribution in [3.8, 4) is 0 Å². The van der Waals surface area contributed by atoms with E-state index >= 15 is 0 Å². The van der Waals surface area contributed by atoms with Crippen molar-refractivity contribution in [2.45, 2.75) is 13.3 Å². The highest BCUT2D eigenvalue weighted by atomic mass is 19.2. The maximum atomic E-state index is 13.4. The first kappa shape index (κ1) is 13.0. The second-order valence-electron chi connectivity index (χ2n) is 3.87. The Bertz CT molecular complexity index is 624. The van der Waals surface area contributed by atoms with Crippen molar-refractivity contribution in [2.24, 2.45) is 0 Å². The van der Waals surface area contributed by atoms with Crippen molar-refractivity contribution in [1.29, 1.82) is 0 Å². The minimum absolute atomic E-state index is 0.0412. The molecule has 0 spiro atoms. The lowest BCUT2D eigenvalue weighted by Crippen LogP contribution is -2.15. The molecule has 0 saturated heterocycles. The quantitative estimate of drug-likeness (QED) is 0.795. The predicted molar refractivity (Wildman–Crippen MR) is 66.7 cm³/mol. The molecule has 0 saturated carbocycles. The number of aryl methyl sites for hydroxylation is 1. The second kappa shape index (κ2) is 5.05. The van der Waals surface area contributed by atoms with E-state index in [0.717, 1.165) is 6.07 Å². The van der Waals surface area contributed by atoms with Gasteiger partial charge in [-0.25, -0.2) is 8.78 Å². The number of anilines is 2. The molecule has 2 rings (SSSR count). The summed E-state index contributed by atoms with van der Waals surface area (Å²) in [5, 5.41) is 8.60. The van der Waals surface area contributed by atoms with Gasteiger partial charge in [0.2, 0.25) is 0 Å². The standard InChI is InChI=1S/C12H12F2N4O/c1-2-7-10(15)11(18-17-7)12(19)16-8-5-3-4-6(13)9(8)14/h3-5H,2,15H2,1H3,(H,16,19)(H,17,18). The van der Waals surface area contributed by atoms with Gasteiger partial charge in [0, 0.05) is 0 Å². The van der Waals surface area contributed by atoms with Gasteiger partial charge in [-0.2, -0.15) is 5.10 Å². The summed E-state index contributed by atoms with van der Waals surface area (Å²) < 4.78 is 26.4. The number of rotatable bonds is 3. The molecule has 0 fully saturated rings. The van der Waals surface area contributed by atoms with E-state index in [4.69, 9.17) is 5.73 Å². The number of hydrogen-bond acceptors (Lipinski definition) is 3. The minimum Gasteiger partial charge on any atom is -0.395 e. The van der Waals surface area contributed by atoms with E-state index in [1.54, 1.807) is 0 Å². The summed E-state index contributed by atoms with van der Waals surface area (Å²) in [4.78, 5) is 11.9. The number of carbonyl (C=O) groups excluding carboxylic acids is 1. The SMILES string of the molecule is CCc1[nH]nc(C(=O)Nc2cccc(F)c2F)c1N. The van der Waals surface area contributed by atoms with Gasteiger partial charge in [0.1, 0.15) is 0 Å². The third-order valence-corrected chi connectivity index (χ3v) is 2.65. The summed E-state index contributed by atoms with van der Waals surface area (Å²) in [5.41, 5.74) is 6.23. The first-order valence-electron chi connectivity index (χ1n) is 5.62. The fourth-order valence-corrected chi connectivity index (χ4v) is 1.61. The first-order chi connectivity index (χ1) is 9.04.